The molecule has 0 atom stereocenters. The summed E-state index contributed by atoms with van der Waals surface area (Å²) in [6.45, 7) is 5.51. The zero-order chi connectivity index (χ0) is 14.5. The van der Waals surface area contributed by atoms with Crippen LogP contribution in [0.1, 0.15) is 50.4 Å². The van der Waals surface area contributed by atoms with Gasteiger partial charge in [0.15, 0.2) is 5.78 Å². The van der Waals surface area contributed by atoms with E-state index in [4.69, 9.17) is 4.74 Å². The van der Waals surface area contributed by atoms with Crippen LogP contribution < -0.4 is 4.90 Å². The van der Waals surface area contributed by atoms with Crippen molar-refractivity contribution in [3.8, 4) is 0 Å². The molecule has 1 aliphatic heterocycles. The molecule has 1 aliphatic carbocycles. The van der Waals surface area contributed by atoms with Crippen LogP contribution in [0.5, 0.6) is 0 Å². The number of amides is 1. The standard InChI is InChI=1S/C16H19NO3/c1-15(2,3)20-14(19)17-12-8-5-4-7-11(12)13(18)16(17)9-6-10-16/h4-5,7-8H,6,9-10H2,1-3H3. The molecule has 1 amide bonds. The van der Waals surface area contributed by atoms with E-state index in [2.05, 4.69) is 0 Å². The summed E-state index contributed by atoms with van der Waals surface area (Å²) in [5.41, 5.74) is 0.0683. The SMILES string of the molecule is CC(C)(C)OC(=O)N1c2ccccc2C(=O)C12CCC2. The van der Waals surface area contributed by atoms with Crippen molar-refractivity contribution in [2.24, 2.45) is 0 Å². The monoisotopic (exact) mass is 273 g/mol. The lowest BCUT2D eigenvalue weighted by Crippen LogP contribution is -2.58. The summed E-state index contributed by atoms with van der Waals surface area (Å²) in [4.78, 5) is 26.7. The minimum absolute atomic E-state index is 0.0604. The Kier molecular flexibility index (Phi) is 2.68. The third kappa shape index (κ3) is 1.74. The number of ketones is 1. The Hall–Kier alpha value is -1.84. The van der Waals surface area contributed by atoms with E-state index in [0.29, 0.717) is 11.3 Å². The maximum Gasteiger partial charge on any atom is 0.415 e. The van der Waals surface area contributed by atoms with Gasteiger partial charge in [-0.3, -0.25) is 9.69 Å². The number of ether oxygens (including phenoxy) is 1. The van der Waals surface area contributed by atoms with E-state index in [1.54, 1.807) is 11.0 Å². The number of rotatable bonds is 0. The van der Waals surface area contributed by atoms with Crippen LogP contribution in [-0.4, -0.2) is 23.0 Å². The van der Waals surface area contributed by atoms with Crippen LogP contribution in [0, 0.1) is 0 Å². The van der Waals surface area contributed by atoms with Crippen molar-refractivity contribution in [3.05, 3.63) is 29.8 Å². The van der Waals surface area contributed by atoms with E-state index in [0.717, 1.165) is 19.3 Å². The van der Waals surface area contributed by atoms with Crippen molar-refractivity contribution in [2.75, 3.05) is 4.90 Å². The van der Waals surface area contributed by atoms with E-state index in [1.807, 2.05) is 39.0 Å². The Balaban J connectivity index is 2.03. The van der Waals surface area contributed by atoms with Gasteiger partial charge in [-0.2, -0.15) is 0 Å². The molecule has 4 heteroatoms. The van der Waals surface area contributed by atoms with Gasteiger partial charge in [0.05, 0.1) is 5.69 Å². The summed E-state index contributed by atoms with van der Waals surface area (Å²) < 4.78 is 5.49. The number of benzene rings is 1. The Morgan fingerprint density at radius 1 is 1.25 bits per heavy atom. The molecule has 0 radical (unpaired) electrons. The molecule has 1 fully saturated rings. The molecule has 0 N–H and O–H groups in total. The average Bonchev–Trinajstić information content (AvgIpc) is 2.57. The minimum Gasteiger partial charge on any atom is -0.443 e. The molecule has 2 aliphatic rings. The second-order valence-electron chi connectivity index (χ2n) is 6.55. The predicted molar refractivity (Wildman–Crippen MR) is 76.1 cm³/mol. The average molecular weight is 273 g/mol. The molecule has 106 valence electrons. The second-order valence-corrected chi connectivity index (χ2v) is 6.55. The van der Waals surface area contributed by atoms with Crippen LogP contribution in [-0.2, 0) is 4.74 Å². The summed E-state index contributed by atoms with van der Waals surface area (Å²) in [6, 6.07) is 7.30. The number of carbonyl (C=O) groups is 2. The maximum atomic E-state index is 12.6. The molecule has 0 bridgehead atoms. The lowest BCUT2D eigenvalue weighted by atomic mass is 9.73. The van der Waals surface area contributed by atoms with Gasteiger partial charge in [-0.15, -0.1) is 0 Å². The molecule has 20 heavy (non-hydrogen) atoms. The van der Waals surface area contributed by atoms with Gasteiger partial charge in [0.1, 0.15) is 11.1 Å². The predicted octanol–water partition coefficient (Wildman–Crippen LogP) is 3.55. The molecule has 0 aromatic heterocycles. The molecule has 1 spiro atoms. The van der Waals surface area contributed by atoms with Gasteiger partial charge in [0.25, 0.3) is 0 Å². The molecule has 0 unspecified atom stereocenters. The molecule has 1 saturated carbocycles. The quantitative estimate of drug-likeness (QED) is 0.726. The van der Waals surface area contributed by atoms with E-state index >= 15 is 0 Å². The molecule has 1 heterocycles. The van der Waals surface area contributed by atoms with Gasteiger partial charge < -0.3 is 4.74 Å². The fraction of sp³-hybridized carbons (Fsp3) is 0.500. The first kappa shape index (κ1) is 13.2. The van der Waals surface area contributed by atoms with Gasteiger partial charge in [0, 0.05) is 5.56 Å². The van der Waals surface area contributed by atoms with Crippen LogP contribution in [0.15, 0.2) is 24.3 Å². The lowest BCUT2D eigenvalue weighted by Gasteiger charge is -2.44. The number of carbonyl (C=O) groups excluding carboxylic acids is 2. The Morgan fingerprint density at radius 2 is 1.90 bits per heavy atom. The highest BCUT2D eigenvalue weighted by Crippen LogP contribution is 2.49. The van der Waals surface area contributed by atoms with Crippen molar-refractivity contribution in [1.82, 2.24) is 0 Å². The fourth-order valence-corrected chi connectivity index (χ4v) is 2.99. The molecular formula is C16H19NO3. The number of para-hydroxylation sites is 1. The first-order valence-corrected chi connectivity index (χ1v) is 7.02. The van der Waals surface area contributed by atoms with Gasteiger partial charge in [0.2, 0.25) is 0 Å². The lowest BCUT2D eigenvalue weighted by molar-refractivity contribution is 0.0478. The van der Waals surface area contributed by atoms with Crippen LogP contribution in [0.3, 0.4) is 0 Å². The van der Waals surface area contributed by atoms with Crippen molar-refractivity contribution in [1.29, 1.82) is 0 Å². The van der Waals surface area contributed by atoms with E-state index in [9.17, 15) is 9.59 Å². The van der Waals surface area contributed by atoms with Crippen molar-refractivity contribution < 1.29 is 14.3 Å². The van der Waals surface area contributed by atoms with Crippen molar-refractivity contribution in [3.63, 3.8) is 0 Å². The molecule has 3 rings (SSSR count). The zero-order valence-corrected chi connectivity index (χ0v) is 12.1. The van der Waals surface area contributed by atoms with Crippen LogP contribution in [0.2, 0.25) is 0 Å². The van der Waals surface area contributed by atoms with E-state index < -0.39 is 17.2 Å². The summed E-state index contributed by atoms with van der Waals surface area (Å²) in [5.74, 6) is 0.0604. The molecule has 0 saturated heterocycles. The fourth-order valence-electron chi connectivity index (χ4n) is 2.99. The highest BCUT2D eigenvalue weighted by Gasteiger charge is 2.58. The topological polar surface area (TPSA) is 46.6 Å². The largest absolute Gasteiger partial charge is 0.443 e. The first-order chi connectivity index (χ1) is 9.35. The number of anilines is 1. The Morgan fingerprint density at radius 3 is 2.45 bits per heavy atom. The van der Waals surface area contributed by atoms with Gasteiger partial charge in [-0.1, -0.05) is 12.1 Å². The van der Waals surface area contributed by atoms with Gasteiger partial charge in [-0.05, 0) is 52.2 Å². The number of hydrogen-bond donors (Lipinski definition) is 0. The molecule has 1 aromatic carbocycles. The third-order valence-electron chi connectivity index (χ3n) is 4.00. The van der Waals surface area contributed by atoms with E-state index in [-0.39, 0.29) is 5.78 Å². The maximum absolute atomic E-state index is 12.6. The zero-order valence-electron chi connectivity index (χ0n) is 12.1. The number of hydrogen-bond acceptors (Lipinski definition) is 3. The summed E-state index contributed by atoms with van der Waals surface area (Å²) in [5, 5.41) is 0. The first-order valence-electron chi connectivity index (χ1n) is 7.02. The Labute approximate surface area is 118 Å². The second kappa shape index (κ2) is 4.08. The highest BCUT2D eigenvalue weighted by atomic mass is 16.6. The van der Waals surface area contributed by atoms with Gasteiger partial charge in [-0.25, -0.2) is 4.79 Å². The van der Waals surface area contributed by atoms with Crippen LogP contribution >= 0.6 is 0 Å². The van der Waals surface area contributed by atoms with E-state index in [1.165, 1.54) is 0 Å². The van der Waals surface area contributed by atoms with Crippen molar-refractivity contribution in [2.45, 2.75) is 51.2 Å². The molecule has 1 aromatic rings. The van der Waals surface area contributed by atoms with Gasteiger partial charge >= 0.3 is 6.09 Å². The Bertz CT molecular complexity index is 582. The number of nitrogens with zero attached hydrogens (tertiary/aromatic N) is 1. The third-order valence-corrected chi connectivity index (χ3v) is 4.00. The summed E-state index contributed by atoms with van der Waals surface area (Å²) >= 11 is 0. The number of fused-ring (bicyclic) bond motifs is 1. The van der Waals surface area contributed by atoms with Crippen molar-refractivity contribution >= 4 is 17.6 Å². The summed E-state index contributed by atoms with van der Waals surface area (Å²) in [7, 11) is 0. The van der Waals surface area contributed by atoms with Crippen LogP contribution in [0.25, 0.3) is 0 Å². The van der Waals surface area contributed by atoms with Crippen LogP contribution in [0.4, 0.5) is 10.5 Å². The smallest absolute Gasteiger partial charge is 0.415 e. The highest BCUT2D eigenvalue weighted by molar-refractivity contribution is 6.20. The summed E-state index contributed by atoms with van der Waals surface area (Å²) in [6.07, 6.45) is 1.99. The minimum atomic E-state index is -0.688. The number of Topliss-reactive ketones (excluding diaryl/α,β-unsaturated/α-hetero) is 1. The normalized spacial score (nSPS) is 19.8. The molecular weight excluding hydrogens is 254 g/mol. The molecule has 4 nitrogen and oxygen atoms in total.